The normalized spacial score (nSPS) is 16.8. The predicted molar refractivity (Wildman–Crippen MR) is 74.4 cm³/mol. The molecule has 96 valence electrons. The van der Waals surface area contributed by atoms with Gasteiger partial charge in [0.1, 0.15) is 0 Å². The molecule has 5 heteroatoms. The van der Waals surface area contributed by atoms with E-state index in [9.17, 15) is 4.79 Å². The zero-order valence-corrected chi connectivity index (χ0v) is 11.5. The van der Waals surface area contributed by atoms with Crippen LogP contribution in [0.1, 0.15) is 26.3 Å². The number of likely N-dealkylation sites (N-methyl/N-ethyl adjacent to an activating group) is 1. The maximum Gasteiger partial charge on any atom is 0.237 e. The highest BCUT2D eigenvalue weighted by atomic mass is 35.5. The molecule has 4 nitrogen and oxygen atoms in total. The number of anilines is 1. The van der Waals surface area contributed by atoms with Gasteiger partial charge >= 0.3 is 0 Å². The fourth-order valence-corrected chi connectivity index (χ4v) is 2.57. The van der Waals surface area contributed by atoms with Gasteiger partial charge in [-0.3, -0.25) is 4.79 Å². The van der Waals surface area contributed by atoms with Gasteiger partial charge in [0.2, 0.25) is 5.91 Å². The first-order valence-electron chi connectivity index (χ1n) is 5.85. The van der Waals surface area contributed by atoms with Crippen molar-refractivity contribution >= 4 is 35.0 Å². The molecule has 0 atom stereocenters. The second kappa shape index (κ2) is 3.99. The lowest BCUT2D eigenvalue weighted by atomic mass is 9.86. The molecule has 0 aliphatic carbocycles. The van der Waals surface area contributed by atoms with Crippen LogP contribution in [-0.4, -0.2) is 22.4 Å². The van der Waals surface area contributed by atoms with Crippen LogP contribution in [0.4, 0.5) is 5.69 Å². The van der Waals surface area contributed by atoms with Crippen LogP contribution in [0.5, 0.6) is 0 Å². The van der Waals surface area contributed by atoms with E-state index in [0.717, 1.165) is 22.3 Å². The Hall–Kier alpha value is -1.55. The third-order valence-corrected chi connectivity index (χ3v) is 3.60. The Morgan fingerprint density at radius 1 is 1.39 bits per heavy atom. The molecule has 2 aromatic rings. The summed E-state index contributed by atoms with van der Waals surface area (Å²) in [7, 11) is 0. The molecule has 0 fully saturated rings. The number of fused-ring (bicyclic) bond motifs is 2. The van der Waals surface area contributed by atoms with Crippen molar-refractivity contribution in [2.75, 3.05) is 11.4 Å². The number of halogens is 1. The fourth-order valence-electron chi connectivity index (χ4n) is 2.57. The molecule has 3 rings (SSSR count). The number of rotatable bonds is 1. The summed E-state index contributed by atoms with van der Waals surface area (Å²) in [5, 5.41) is 0. The highest BCUT2D eigenvalue weighted by Gasteiger charge is 2.43. The minimum absolute atomic E-state index is 0. The molecular formula is C13H16ClN3O. The Labute approximate surface area is 112 Å². The minimum atomic E-state index is -0.440. The maximum atomic E-state index is 12.3. The van der Waals surface area contributed by atoms with E-state index in [1.54, 1.807) is 6.33 Å². The Bertz CT molecular complexity index is 618. The molecule has 1 aliphatic heterocycles. The molecule has 0 spiro atoms. The third kappa shape index (κ3) is 1.45. The van der Waals surface area contributed by atoms with Gasteiger partial charge < -0.3 is 9.88 Å². The summed E-state index contributed by atoms with van der Waals surface area (Å²) in [5.74, 6) is 0.169. The first-order chi connectivity index (χ1) is 8.05. The lowest BCUT2D eigenvalue weighted by Gasteiger charge is -2.18. The van der Waals surface area contributed by atoms with Gasteiger partial charge in [0.05, 0.1) is 28.5 Å². The van der Waals surface area contributed by atoms with Crippen LogP contribution < -0.4 is 4.90 Å². The van der Waals surface area contributed by atoms with E-state index < -0.39 is 5.41 Å². The number of amides is 1. The number of carbonyl (C=O) groups excluding carboxylic acids is 1. The van der Waals surface area contributed by atoms with Crippen molar-refractivity contribution in [3.05, 3.63) is 24.0 Å². The van der Waals surface area contributed by atoms with Gasteiger partial charge in [-0.25, -0.2) is 4.98 Å². The second-order valence-corrected chi connectivity index (χ2v) is 4.96. The van der Waals surface area contributed by atoms with Gasteiger partial charge in [0.25, 0.3) is 0 Å². The van der Waals surface area contributed by atoms with Crippen LogP contribution in [-0.2, 0) is 10.2 Å². The van der Waals surface area contributed by atoms with Crippen molar-refractivity contribution in [1.29, 1.82) is 0 Å². The van der Waals surface area contributed by atoms with Crippen molar-refractivity contribution in [2.45, 2.75) is 26.2 Å². The number of carbonyl (C=O) groups is 1. The number of aromatic nitrogens is 2. The summed E-state index contributed by atoms with van der Waals surface area (Å²) < 4.78 is 0. The Morgan fingerprint density at radius 3 is 2.78 bits per heavy atom. The molecule has 1 aromatic heterocycles. The molecule has 1 N–H and O–H groups in total. The monoisotopic (exact) mass is 265 g/mol. The smallest absolute Gasteiger partial charge is 0.237 e. The van der Waals surface area contributed by atoms with Crippen LogP contribution in [0.15, 0.2) is 18.5 Å². The Balaban J connectivity index is 0.00000120. The van der Waals surface area contributed by atoms with Crippen molar-refractivity contribution < 1.29 is 4.79 Å². The first kappa shape index (κ1) is 12.9. The molecule has 0 bridgehead atoms. The van der Waals surface area contributed by atoms with Crippen molar-refractivity contribution in [3.8, 4) is 0 Å². The number of imidazole rings is 1. The van der Waals surface area contributed by atoms with Gasteiger partial charge in [-0.1, -0.05) is 0 Å². The average molecular weight is 266 g/mol. The lowest BCUT2D eigenvalue weighted by molar-refractivity contribution is -0.122. The lowest BCUT2D eigenvalue weighted by Crippen LogP contribution is -2.35. The number of aromatic amines is 1. The number of hydrogen-bond acceptors (Lipinski definition) is 2. The molecule has 0 saturated carbocycles. The average Bonchev–Trinajstić information content (AvgIpc) is 2.81. The zero-order chi connectivity index (χ0) is 12.2. The molecule has 2 heterocycles. The molecule has 18 heavy (non-hydrogen) atoms. The summed E-state index contributed by atoms with van der Waals surface area (Å²) in [6.45, 7) is 6.65. The van der Waals surface area contributed by atoms with Gasteiger partial charge in [0.15, 0.2) is 0 Å². The summed E-state index contributed by atoms with van der Waals surface area (Å²) >= 11 is 0. The summed E-state index contributed by atoms with van der Waals surface area (Å²) in [5.41, 5.74) is 3.54. The molecule has 1 amide bonds. The summed E-state index contributed by atoms with van der Waals surface area (Å²) in [4.78, 5) is 21.5. The summed E-state index contributed by atoms with van der Waals surface area (Å²) in [6, 6.07) is 4.04. The Morgan fingerprint density at radius 2 is 2.11 bits per heavy atom. The Kier molecular flexibility index (Phi) is 2.86. The van der Waals surface area contributed by atoms with Gasteiger partial charge in [0, 0.05) is 6.54 Å². The number of nitrogens with one attached hydrogen (secondary N) is 1. The van der Waals surface area contributed by atoms with Crippen molar-refractivity contribution in [1.82, 2.24) is 9.97 Å². The highest BCUT2D eigenvalue weighted by molar-refractivity contribution is 6.09. The summed E-state index contributed by atoms with van der Waals surface area (Å²) in [6.07, 6.45) is 1.69. The van der Waals surface area contributed by atoms with E-state index in [1.165, 1.54) is 0 Å². The molecule has 1 aliphatic rings. The zero-order valence-electron chi connectivity index (χ0n) is 10.7. The van der Waals surface area contributed by atoms with Crippen LogP contribution in [0.25, 0.3) is 11.0 Å². The molecule has 0 unspecified atom stereocenters. The largest absolute Gasteiger partial charge is 0.345 e. The third-order valence-electron chi connectivity index (χ3n) is 3.60. The first-order valence-corrected chi connectivity index (χ1v) is 5.85. The van der Waals surface area contributed by atoms with Gasteiger partial charge in [-0.05, 0) is 38.5 Å². The van der Waals surface area contributed by atoms with Crippen LogP contribution in [0.2, 0.25) is 0 Å². The van der Waals surface area contributed by atoms with E-state index in [-0.39, 0.29) is 18.3 Å². The minimum Gasteiger partial charge on any atom is -0.345 e. The topological polar surface area (TPSA) is 49.0 Å². The van der Waals surface area contributed by atoms with Crippen LogP contribution in [0.3, 0.4) is 0 Å². The standard InChI is InChI=1S/C13H15N3O.ClH/c1-4-16-11-6-10-9(14-7-15-10)5-8(11)13(2,3)12(16)17;/h5-7H,4H2,1-3H3,(H,14,15);1H. The highest BCUT2D eigenvalue weighted by Crippen LogP contribution is 2.42. The number of hydrogen-bond donors (Lipinski definition) is 1. The van der Waals surface area contributed by atoms with Crippen molar-refractivity contribution in [3.63, 3.8) is 0 Å². The van der Waals surface area contributed by atoms with E-state index in [1.807, 2.05) is 37.8 Å². The SMILES string of the molecule is CCN1C(=O)C(C)(C)c2cc3[nH]cnc3cc21.Cl. The fraction of sp³-hybridized carbons (Fsp3) is 0.385. The molecule has 0 saturated heterocycles. The van der Waals surface area contributed by atoms with Crippen LogP contribution in [0, 0.1) is 0 Å². The van der Waals surface area contributed by atoms with E-state index in [4.69, 9.17) is 0 Å². The molecule has 1 aromatic carbocycles. The van der Waals surface area contributed by atoms with Gasteiger partial charge in [-0.2, -0.15) is 0 Å². The van der Waals surface area contributed by atoms with E-state index in [2.05, 4.69) is 9.97 Å². The van der Waals surface area contributed by atoms with E-state index >= 15 is 0 Å². The van der Waals surface area contributed by atoms with Crippen molar-refractivity contribution in [2.24, 2.45) is 0 Å². The quantitative estimate of drug-likeness (QED) is 0.862. The van der Waals surface area contributed by atoms with Crippen LogP contribution >= 0.6 is 12.4 Å². The maximum absolute atomic E-state index is 12.3. The van der Waals surface area contributed by atoms with Gasteiger partial charge in [-0.15, -0.1) is 12.4 Å². The number of benzene rings is 1. The number of H-pyrrole nitrogens is 1. The molecule has 0 radical (unpaired) electrons. The second-order valence-electron chi connectivity index (χ2n) is 4.96. The van der Waals surface area contributed by atoms with E-state index in [0.29, 0.717) is 6.54 Å². The number of nitrogens with zero attached hydrogens (tertiary/aromatic N) is 2. The predicted octanol–water partition coefficient (Wildman–Crippen LogP) is 2.63. The molecular weight excluding hydrogens is 250 g/mol.